The van der Waals surface area contributed by atoms with Gasteiger partial charge in [-0.3, -0.25) is 14.7 Å². The number of nitrogens with zero attached hydrogens (tertiary/aromatic N) is 3. The summed E-state index contributed by atoms with van der Waals surface area (Å²) in [5, 5.41) is 2.61. The number of hydrogen-bond acceptors (Lipinski definition) is 4. The van der Waals surface area contributed by atoms with E-state index in [1.54, 1.807) is 18.3 Å². The fourth-order valence-electron chi connectivity index (χ4n) is 3.49. The van der Waals surface area contributed by atoms with Crippen LogP contribution in [0.4, 0.5) is 15.8 Å². The first-order valence-corrected chi connectivity index (χ1v) is 9.71. The number of halogens is 1. The van der Waals surface area contributed by atoms with Crippen molar-refractivity contribution in [2.75, 3.05) is 36.4 Å². The maximum absolute atomic E-state index is 13.8. The number of carbonyl (C=O) groups excluding carboxylic acids is 1. The summed E-state index contributed by atoms with van der Waals surface area (Å²) >= 11 is 0. The molecule has 6 heteroatoms. The molecule has 29 heavy (non-hydrogen) atoms. The van der Waals surface area contributed by atoms with Gasteiger partial charge >= 0.3 is 0 Å². The van der Waals surface area contributed by atoms with Gasteiger partial charge < -0.3 is 10.2 Å². The molecule has 3 aromatic rings. The van der Waals surface area contributed by atoms with Gasteiger partial charge in [-0.25, -0.2) is 4.39 Å². The SMILES string of the molecule is O=C(Nc1ccccc1F)c1cncc(N2CCN(Cc3ccccc3)CC2)c1. The summed E-state index contributed by atoms with van der Waals surface area (Å²) in [5.74, 6) is -0.827. The van der Waals surface area contributed by atoms with E-state index >= 15 is 0 Å². The largest absolute Gasteiger partial charge is 0.368 e. The minimum absolute atomic E-state index is 0.164. The standard InChI is InChI=1S/C23H23FN4O/c24-21-8-4-5-9-22(21)26-23(29)19-14-20(16-25-15-19)28-12-10-27(11-13-28)17-18-6-2-1-3-7-18/h1-9,14-16H,10-13,17H2,(H,26,29). The van der Waals surface area contributed by atoms with E-state index in [1.165, 1.54) is 23.9 Å². The third kappa shape index (κ3) is 4.78. The molecule has 0 atom stereocenters. The van der Waals surface area contributed by atoms with E-state index in [4.69, 9.17) is 0 Å². The smallest absolute Gasteiger partial charge is 0.257 e. The van der Waals surface area contributed by atoms with Gasteiger partial charge in [-0.15, -0.1) is 0 Å². The Labute approximate surface area is 169 Å². The second-order valence-electron chi connectivity index (χ2n) is 7.11. The van der Waals surface area contributed by atoms with Crippen LogP contribution in [0.5, 0.6) is 0 Å². The quantitative estimate of drug-likeness (QED) is 0.720. The van der Waals surface area contributed by atoms with Crippen LogP contribution in [-0.4, -0.2) is 42.0 Å². The van der Waals surface area contributed by atoms with Crippen molar-refractivity contribution in [1.29, 1.82) is 0 Å². The van der Waals surface area contributed by atoms with Gasteiger partial charge in [0.1, 0.15) is 5.82 Å². The predicted octanol–water partition coefficient (Wildman–Crippen LogP) is 3.80. The van der Waals surface area contributed by atoms with Crippen molar-refractivity contribution in [3.63, 3.8) is 0 Å². The summed E-state index contributed by atoms with van der Waals surface area (Å²) in [4.78, 5) is 21.4. The summed E-state index contributed by atoms with van der Waals surface area (Å²) in [6.45, 7) is 4.57. The van der Waals surface area contributed by atoms with Crippen LogP contribution in [0.15, 0.2) is 73.1 Å². The highest BCUT2D eigenvalue weighted by Gasteiger charge is 2.19. The van der Waals surface area contributed by atoms with Crippen molar-refractivity contribution in [2.45, 2.75) is 6.54 Å². The number of benzene rings is 2. The Morgan fingerprint density at radius 2 is 1.69 bits per heavy atom. The number of hydrogen-bond donors (Lipinski definition) is 1. The molecule has 2 aromatic carbocycles. The second-order valence-corrected chi connectivity index (χ2v) is 7.11. The average molecular weight is 390 g/mol. The highest BCUT2D eigenvalue weighted by Crippen LogP contribution is 2.19. The van der Waals surface area contributed by atoms with Gasteiger partial charge in [0.05, 0.1) is 23.1 Å². The van der Waals surface area contributed by atoms with Gasteiger partial charge in [-0.05, 0) is 23.8 Å². The lowest BCUT2D eigenvalue weighted by Crippen LogP contribution is -2.46. The summed E-state index contributed by atoms with van der Waals surface area (Å²) in [6.07, 6.45) is 3.28. The molecule has 1 fully saturated rings. The van der Waals surface area contributed by atoms with Crippen LogP contribution in [0, 0.1) is 5.82 Å². The van der Waals surface area contributed by atoms with Gasteiger partial charge in [0.25, 0.3) is 5.91 Å². The zero-order valence-corrected chi connectivity index (χ0v) is 16.1. The van der Waals surface area contributed by atoms with Gasteiger partial charge in [0.15, 0.2) is 0 Å². The molecular weight excluding hydrogens is 367 g/mol. The molecule has 1 N–H and O–H groups in total. The van der Waals surface area contributed by atoms with E-state index in [0.717, 1.165) is 38.4 Å². The highest BCUT2D eigenvalue weighted by atomic mass is 19.1. The molecule has 0 radical (unpaired) electrons. The fourth-order valence-corrected chi connectivity index (χ4v) is 3.49. The number of carbonyl (C=O) groups is 1. The van der Waals surface area contributed by atoms with Crippen molar-refractivity contribution in [3.05, 3.63) is 90.0 Å². The minimum atomic E-state index is -0.459. The lowest BCUT2D eigenvalue weighted by molar-refractivity contribution is 0.102. The van der Waals surface area contributed by atoms with E-state index in [-0.39, 0.29) is 11.6 Å². The van der Waals surface area contributed by atoms with Crippen LogP contribution >= 0.6 is 0 Å². The predicted molar refractivity (Wildman–Crippen MR) is 113 cm³/mol. The monoisotopic (exact) mass is 390 g/mol. The summed E-state index contributed by atoms with van der Waals surface area (Å²) in [5.41, 5.74) is 2.80. The number of pyridine rings is 1. The van der Waals surface area contributed by atoms with Crippen molar-refractivity contribution < 1.29 is 9.18 Å². The number of piperazine rings is 1. The Morgan fingerprint density at radius 3 is 2.45 bits per heavy atom. The molecule has 0 aliphatic carbocycles. The molecule has 1 saturated heterocycles. The molecule has 2 heterocycles. The first-order valence-electron chi connectivity index (χ1n) is 9.71. The fraction of sp³-hybridized carbons (Fsp3) is 0.217. The molecule has 5 nitrogen and oxygen atoms in total. The van der Waals surface area contributed by atoms with E-state index in [2.05, 4.69) is 44.4 Å². The molecule has 4 rings (SSSR count). The first kappa shape index (κ1) is 19.1. The molecule has 0 spiro atoms. The summed E-state index contributed by atoms with van der Waals surface area (Å²) < 4.78 is 13.8. The van der Waals surface area contributed by atoms with Crippen LogP contribution in [0.25, 0.3) is 0 Å². The van der Waals surface area contributed by atoms with Gasteiger partial charge in [0.2, 0.25) is 0 Å². The Kier molecular flexibility index (Phi) is 5.81. The third-order valence-corrected chi connectivity index (χ3v) is 5.09. The molecule has 148 valence electrons. The number of para-hydroxylation sites is 1. The number of rotatable bonds is 5. The summed E-state index contributed by atoms with van der Waals surface area (Å²) in [7, 11) is 0. The maximum atomic E-state index is 13.8. The third-order valence-electron chi connectivity index (χ3n) is 5.09. The molecule has 0 saturated carbocycles. The highest BCUT2D eigenvalue weighted by molar-refractivity contribution is 6.04. The van der Waals surface area contributed by atoms with E-state index in [1.807, 2.05) is 12.1 Å². The van der Waals surface area contributed by atoms with Crippen molar-refractivity contribution in [3.8, 4) is 0 Å². The van der Waals surface area contributed by atoms with Crippen LogP contribution in [0.1, 0.15) is 15.9 Å². The van der Waals surface area contributed by atoms with Crippen LogP contribution in [0.2, 0.25) is 0 Å². The number of amides is 1. The topological polar surface area (TPSA) is 48.5 Å². The minimum Gasteiger partial charge on any atom is -0.368 e. The zero-order valence-electron chi connectivity index (χ0n) is 16.1. The van der Waals surface area contributed by atoms with Gasteiger partial charge in [-0.2, -0.15) is 0 Å². The number of aromatic nitrogens is 1. The Bertz CT molecular complexity index is 971. The van der Waals surface area contributed by atoms with E-state index in [9.17, 15) is 9.18 Å². The molecule has 1 amide bonds. The van der Waals surface area contributed by atoms with Gasteiger partial charge in [-0.1, -0.05) is 42.5 Å². The van der Waals surface area contributed by atoms with E-state index < -0.39 is 5.82 Å². The summed E-state index contributed by atoms with van der Waals surface area (Å²) in [6, 6.07) is 18.4. The molecule has 1 aromatic heterocycles. The Hall–Kier alpha value is -3.25. The maximum Gasteiger partial charge on any atom is 0.257 e. The molecule has 0 bridgehead atoms. The molecule has 0 unspecified atom stereocenters. The van der Waals surface area contributed by atoms with Crippen molar-refractivity contribution in [2.24, 2.45) is 0 Å². The first-order chi connectivity index (χ1) is 14.2. The number of anilines is 2. The van der Waals surface area contributed by atoms with Crippen molar-refractivity contribution in [1.82, 2.24) is 9.88 Å². The second kappa shape index (κ2) is 8.84. The van der Waals surface area contributed by atoms with Crippen molar-refractivity contribution >= 4 is 17.3 Å². The van der Waals surface area contributed by atoms with Gasteiger partial charge in [0, 0.05) is 38.9 Å². The normalized spacial score (nSPS) is 14.6. The van der Waals surface area contributed by atoms with Crippen LogP contribution < -0.4 is 10.2 Å². The Balaban J connectivity index is 1.38. The number of nitrogens with one attached hydrogen (secondary N) is 1. The van der Waals surface area contributed by atoms with Crippen LogP contribution in [-0.2, 0) is 6.54 Å². The van der Waals surface area contributed by atoms with Crippen LogP contribution in [0.3, 0.4) is 0 Å². The van der Waals surface area contributed by atoms with E-state index in [0.29, 0.717) is 5.56 Å². The molecular formula is C23H23FN4O. The lowest BCUT2D eigenvalue weighted by atomic mass is 10.2. The Morgan fingerprint density at radius 1 is 0.966 bits per heavy atom. The zero-order chi connectivity index (χ0) is 20.1. The average Bonchev–Trinajstić information content (AvgIpc) is 2.77. The lowest BCUT2D eigenvalue weighted by Gasteiger charge is -2.36. The molecule has 1 aliphatic heterocycles. The molecule has 1 aliphatic rings.